The van der Waals surface area contributed by atoms with Crippen LogP contribution in [0.4, 0.5) is 20.7 Å². The molecule has 1 aromatic carbocycles. The number of benzene rings is 1. The largest absolute Gasteiger partial charge is 0.373 e. The lowest BCUT2D eigenvalue weighted by Gasteiger charge is -2.13. The number of halogens is 1. The van der Waals surface area contributed by atoms with Crippen molar-refractivity contribution in [3.05, 3.63) is 52.7 Å². The zero-order valence-corrected chi connectivity index (χ0v) is 15.3. The first-order valence-corrected chi connectivity index (χ1v) is 8.48. The van der Waals surface area contributed by atoms with Gasteiger partial charge in [-0.1, -0.05) is 6.07 Å². The highest BCUT2D eigenvalue weighted by Crippen LogP contribution is 2.26. The molecule has 0 aliphatic rings. The minimum absolute atomic E-state index is 0.00180. The Morgan fingerprint density at radius 1 is 1.22 bits per heavy atom. The SMILES string of the molecule is CCn1c(=O)c(-c2ccc(F)c(NC(=O)NC)c2)cc2cnc(NC)cc21. The first-order valence-electron chi connectivity index (χ1n) is 8.48. The van der Waals surface area contributed by atoms with Gasteiger partial charge in [0.2, 0.25) is 0 Å². The van der Waals surface area contributed by atoms with Crippen LogP contribution in [0.1, 0.15) is 6.92 Å². The molecular formula is C19H20FN5O2. The molecule has 3 aromatic rings. The van der Waals surface area contributed by atoms with Crippen molar-refractivity contribution in [1.29, 1.82) is 0 Å². The first-order chi connectivity index (χ1) is 13.0. The molecule has 27 heavy (non-hydrogen) atoms. The van der Waals surface area contributed by atoms with Gasteiger partial charge in [0.05, 0.1) is 11.2 Å². The summed E-state index contributed by atoms with van der Waals surface area (Å²) in [7, 11) is 3.20. The number of aryl methyl sites for hydroxylation is 1. The summed E-state index contributed by atoms with van der Waals surface area (Å²) in [4.78, 5) is 28.8. The lowest BCUT2D eigenvalue weighted by molar-refractivity contribution is 0.254. The van der Waals surface area contributed by atoms with Gasteiger partial charge in [0.1, 0.15) is 11.6 Å². The van der Waals surface area contributed by atoms with Gasteiger partial charge < -0.3 is 20.5 Å². The fourth-order valence-corrected chi connectivity index (χ4v) is 2.90. The second-order valence-electron chi connectivity index (χ2n) is 5.88. The van der Waals surface area contributed by atoms with Gasteiger partial charge in [-0.15, -0.1) is 0 Å². The number of pyridine rings is 2. The molecule has 0 aliphatic carbocycles. The number of carbonyl (C=O) groups excluding carboxylic acids is 1. The van der Waals surface area contributed by atoms with Crippen molar-refractivity contribution in [3.8, 4) is 11.1 Å². The van der Waals surface area contributed by atoms with Crippen LogP contribution in [0.2, 0.25) is 0 Å². The van der Waals surface area contributed by atoms with E-state index in [0.717, 1.165) is 10.9 Å². The maximum atomic E-state index is 14.0. The van der Waals surface area contributed by atoms with Crippen molar-refractivity contribution >= 4 is 28.4 Å². The van der Waals surface area contributed by atoms with Gasteiger partial charge in [0, 0.05) is 43.9 Å². The van der Waals surface area contributed by atoms with Gasteiger partial charge in [-0.25, -0.2) is 14.2 Å². The molecule has 3 N–H and O–H groups in total. The fraction of sp³-hybridized carbons (Fsp3) is 0.211. The van der Waals surface area contributed by atoms with Crippen molar-refractivity contribution in [2.75, 3.05) is 24.7 Å². The molecule has 140 valence electrons. The average Bonchev–Trinajstić information content (AvgIpc) is 2.68. The van der Waals surface area contributed by atoms with E-state index in [4.69, 9.17) is 0 Å². The minimum Gasteiger partial charge on any atom is -0.373 e. The van der Waals surface area contributed by atoms with Gasteiger partial charge >= 0.3 is 6.03 Å². The predicted octanol–water partition coefficient (Wildman–Crippen LogP) is 3.02. The first kappa shape index (κ1) is 18.4. The number of fused-ring (bicyclic) bond motifs is 1. The zero-order chi connectivity index (χ0) is 19.6. The third kappa shape index (κ3) is 3.46. The molecule has 0 saturated heterocycles. The van der Waals surface area contributed by atoms with Crippen LogP contribution in [0.15, 0.2) is 41.3 Å². The molecule has 7 nitrogen and oxygen atoms in total. The summed E-state index contributed by atoms with van der Waals surface area (Å²) in [5.41, 5.74) is 1.48. The minimum atomic E-state index is -0.584. The molecule has 0 saturated carbocycles. The van der Waals surface area contributed by atoms with E-state index >= 15 is 0 Å². The number of hydrogen-bond donors (Lipinski definition) is 3. The van der Waals surface area contributed by atoms with Crippen molar-refractivity contribution in [1.82, 2.24) is 14.9 Å². The molecule has 0 fully saturated rings. The summed E-state index contributed by atoms with van der Waals surface area (Å²) >= 11 is 0. The number of anilines is 2. The Bertz CT molecular complexity index is 1080. The summed E-state index contributed by atoms with van der Waals surface area (Å²) in [6.45, 7) is 2.36. The van der Waals surface area contributed by atoms with E-state index in [2.05, 4.69) is 20.9 Å². The van der Waals surface area contributed by atoms with E-state index in [9.17, 15) is 14.0 Å². The Hall–Kier alpha value is -3.42. The summed E-state index contributed by atoms with van der Waals surface area (Å²) in [5, 5.41) is 8.53. The van der Waals surface area contributed by atoms with Crippen LogP contribution in [0.3, 0.4) is 0 Å². The molecule has 2 amide bonds. The number of nitrogens with zero attached hydrogens (tertiary/aromatic N) is 2. The van der Waals surface area contributed by atoms with Gasteiger partial charge in [0.15, 0.2) is 0 Å². The molecular weight excluding hydrogens is 349 g/mol. The number of hydrogen-bond acceptors (Lipinski definition) is 4. The highest BCUT2D eigenvalue weighted by Gasteiger charge is 2.14. The van der Waals surface area contributed by atoms with Crippen molar-refractivity contribution in [2.24, 2.45) is 0 Å². The van der Waals surface area contributed by atoms with Crippen LogP contribution in [0.5, 0.6) is 0 Å². The van der Waals surface area contributed by atoms with E-state index in [1.807, 2.05) is 13.0 Å². The Balaban J connectivity index is 2.20. The third-order valence-electron chi connectivity index (χ3n) is 4.30. The van der Waals surface area contributed by atoms with Gasteiger partial charge in [0.25, 0.3) is 5.56 Å². The maximum absolute atomic E-state index is 14.0. The highest BCUT2D eigenvalue weighted by atomic mass is 19.1. The van der Waals surface area contributed by atoms with Crippen LogP contribution < -0.4 is 21.5 Å². The number of rotatable bonds is 4. The van der Waals surface area contributed by atoms with Gasteiger partial charge in [-0.3, -0.25) is 4.79 Å². The molecule has 2 heterocycles. The molecule has 0 aliphatic heterocycles. The number of amides is 2. The topological polar surface area (TPSA) is 88.1 Å². The second kappa shape index (κ2) is 7.45. The van der Waals surface area contributed by atoms with E-state index in [1.54, 1.807) is 23.9 Å². The standard InChI is InChI=1S/C19H20FN5O2/c1-4-25-16-9-17(21-2)23-10-12(16)7-13(18(25)26)11-5-6-14(20)15(8-11)24-19(27)22-3/h5-10H,4H2,1-3H3,(H,21,23)(H2,22,24,27). The van der Waals surface area contributed by atoms with E-state index < -0.39 is 11.8 Å². The summed E-state index contributed by atoms with van der Waals surface area (Å²) < 4.78 is 15.7. The third-order valence-corrected chi connectivity index (χ3v) is 4.30. The normalized spacial score (nSPS) is 10.7. The monoisotopic (exact) mass is 369 g/mol. The molecule has 0 radical (unpaired) electrons. The fourth-order valence-electron chi connectivity index (χ4n) is 2.90. The van der Waals surface area contributed by atoms with Crippen LogP contribution in [0, 0.1) is 5.82 Å². The summed E-state index contributed by atoms with van der Waals surface area (Å²) in [6.07, 6.45) is 1.68. The van der Waals surface area contributed by atoms with Crippen LogP contribution in [-0.2, 0) is 6.54 Å². The molecule has 0 spiro atoms. The molecule has 0 unspecified atom stereocenters. The Morgan fingerprint density at radius 3 is 2.67 bits per heavy atom. The number of aromatic nitrogens is 2. The van der Waals surface area contributed by atoms with Crippen molar-refractivity contribution in [2.45, 2.75) is 13.5 Å². The Morgan fingerprint density at radius 2 is 2.00 bits per heavy atom. The van der Waals surface area contributed by atoms with Crippen LogP contribution >= 0.6 is 0 Å². The maximum Gasteiger partial charge on any atom is 0.319 e. The molecule has 8 heteroatoms. The number of nitrogens with one attached hydrogen (secondary N) is 3. The summed E-state index contributed by atoms with van der Waals surface area (Å²) in [5.74, 6) is 0.0787. The number of urea groups is 1. The molecule has 3 rings (SSSR count). The smallest absolute Gasteiger partial charge is 0.319 e. The average molecular weight is 369 g/mol. The lowest BCUT2D eigenvalue weighted by Crippen LogP contribution is -2.25. The van der Waals surface area contributed by atoms with E-state index in [1.165, 1.54) is 25.2 Å². The molecule has 2 aromatic heterocycles. The van der Waals surface area contributed by atoms with Gasteiger partial charge in [-0.2, -0.15) is 0 Å². The Kier molecular flexibility index (Phi) is 5.07. The van der Waals surface area contributed by atoms with Gasteiger partial charge in [-0.05, 0) is 30.7 Å². The quantitative estimate of drug-likeness (QED) is 0.660. The van der Waals surface area contributed by atoms with Crippen molar-refractivity contribution in [3.63, 3.8) is 0 Å². The van der Waals surface area contributed by atoms with Crippen LogP contribution in [0.25, 0.3) is 22.0 Å². The number of carbonyl (C=O) groups is 1. The summed E-state index contributed by atoms with van der Waals surface area (Å²) in [6, 6.07) is 7.19. The highest BCUT2D eigenvalue weighted by molar-refractivity contribution is 5.91. The second-order valence-corrected chi connectivity index (χ2v) is 5.88. The predicted molar refractivity (Wildman–Crippen MR) is 105 cm³/mol. The zero-order valence-electron chi connectivity index (χ0n) is 15.3. The lowest BCUT2D eigenvalue weighted by atomic mass is 10.0. The molecule has 0 bridgehead atoms. The molecule has 0 atom stereocenters. The van der Waals surface area contributed by atoms with Crippen LogP contribution in [-0.4, -0.2) is 29.7 Å². The van der Waals surface area contributed by atoms with E-state index in [0.29, 0.717) is 23.5 Å². The Labute approximate surface area is 155 Å². The van der Waals surface area contributed by atoms with Crippen molar-refractivity contribution < 1.29 is 9.18 Å². The van der Waals surface area contributed by atoms with E-state index in [-0.39, 0.29) is 11.2 Å².